The van der Waals surface area contributed by atoms with Crippen LogP contribution in [0.4, 0.5) is 5.13 Å². The fourth-order valence-electron chi connectivity index (χ4n) is 1.46. The molecule has 9 heteroatoms. The van der Waals surface area contributed by atoms with Crippen molar-refractivity contribution < 1.29 is 4.79 Å². The van der Waals surface area contributed by atoms with Crippen LogP contribution in [0.2, 0.25) is 0 Å². The van der Waals surface area contributed by atoms with Gasteiger partial charge in [-0.15, -0.1) is 35.0 Å². The van der Waals surface area contributed by atoms with E-state index in [0.29, 0.717) is 11.7 Å². The monoisotopic (exact) mass is 299 g/mol. The predicted octanol–water partition coefficient (Wildman–Crippen LogP) is 0.225. The molecule has 0 saturated carbocycles. The molecule has 98 valence electrons. The molecule has 1 aliphatic heterocycles. The van der Waals surface area contributed by atoms with Crippen molar-refractivity contribution in [2.24, 2.45) is 0 Å². The van der Waals surface area contributed by atoms with Crippen molar-refractivity contribution in [2.75, 3.05) is 38.0 Å². The molecule has 0 atom stereocenters. The largest absolute Gasteiger partial charge is 0.314 e. The molecular weight excluding hydrogens is 285 g/mol. The fraction of sp³-hybridized carbons (Fsp3) is 0.625. The van der Waals surface area contributed by atoms with Crippen molar-refractivity contribution in [1.29, 1.82) is 0 Å². The van der Waals surface area contributed by atoms with Gasteiger partial charge in [0.25, 0.3) is 0 Å². The number of nitrogens with zero attached hydrogens (tertiary/aromatic N) is 3. The van der Waals surface area contributed by atoms with Crippen molar-refractivity contribution in [1.82, 2.24) is 20.4 Å². The number of halogens is 2. The first kappa shape index (κ1) is 16.5. The Kier molecular flexibility index (Phi) is 8.36. The number of anilines is 1. The zero-order valence-electron chi connectivity index (χ0n) is 9.09. The number of aromatic nitrogens is 2. The first-order valence-corrected chi connectivity index (χ1v) is 5.71. The van der Waals surface area contributed by atoms with E-state index < -0.39 is 0 Å². The van der Waals surface area contributed by atoms with Gasteiger partial charge in [0.15, 0.2) is 0 Å². The van der Waals surface area contributed by atoms with E-state index >= 15 is 0 Å². The molecule has 2 heterocycles. The summed E-state index contributed by atoms with van der Waals surface area (Å²) in [5.74, 6) is -0.0198. The zero-order chi connectivity index (χ0) is 10.5. The Balaban J connectivity index is 0.00000128. The standard InChI is InChI=1S/C8H13N5OS.2ClH/c14-7(11-8-12-10-6-15-8)5-13-3-1-9-2-4-13;;/h6,9H,1-5H2,(H,11,12,14);2*1H. The first-order chi connectivity index (χ1) is 7.34. The smallest absolute Gasteiger partial charge is 0.240 e. The van der Waals surface area contributed by atoms with Crippen LogP contribution in [-0.2, 0) is 4.79 Å². The highest BCUT2D eigenvalue weighted by atomic mass is 35.5. The minimum absolute atomic E-state index is 0. The summed E-state index contributed by atoms with van der Waals surface area (Å²) in [7, 11) is 0. The van der Waals surface area contributed by atoms with Crippen LogP contribution in [0.1, 0.15) is 0 Å². The van der Waals surface area contributed by atoms with E-state index in [1.165, 1.54) is 11.3 Å². The van der Waals surface area contributed by atoms with Gasteiger partial charge in [0.2, 0.25) is 11.0 Å². The molecule has 0 radical (unpaired) electrons. The number of nitrogens with one attached hydrogen (secondary N) is 2. The van der Waals surface area contributed by atoms with Crippen LogP contribution in [0.15, 0.2) is 5.51 Å². The summed E-state index contributed by atoms with van der Waals surface area (Å²) in [4.78, 5) is 13.7. The third-order valence-corrected chi connectivity index (χ3v) is 2.79. The van der Waals surface area contributed by atoms with E-state index in [0.717, 1.165) is 26.2 Å². The lowest BCUT2D eigenvalue weighted by Crippen LogP contribution is -2.46. The Labute approximate surface area is 116 Å². The normalized spacial score (nSPS) is 15.5. The van der Waals surface area contributed by atoms with E-state index in [1.807, 2.05) is 0 Å². The minimum atomic E-state index is -0.0198. The molecule has 0 aliphatic carbocycles. The number of hydrogen-bond acceptors (Lipinski definition) is 6. The maximum Gasteiger partial charge on any atom is 0.240 e. The third kappa shape index (κ3) is 5.60. The maximum absolute atomic E-state index is 11.5. The molecule has 2 rings (SSSR count). The Morgan fingerprint density at radius 1 is 1.47 bits per heavy atom. The molecule has 1 fully saturated rings. The minimum Gasteiger partial charge on any atom is -0.314 e. The van der Waals surface area contributed by atoms with E-state index in [-0.39, 0.29) is 30.7 Å². The summed E-state index contributed by atoms with van der Waals surface area (Å²) >= 11 is 1.33. The molecule has 0 spiro atoms. The number of piperazine rings is 1. The van der Waals surface area contributed by atoms with Crippen LogP contribution in [0.3, 0.4) is 0 Å². The maximum atomic E-state index is 11.5. The van der Waals surface area contributed by atoms with Crippen molar-refractivity contribution in [3.63, 3.8) is 0 Å². The zero-order valence-corrected chi connectivity index (χ0v) is 11.5. The highest BCUT2D eigenvalue weighted by Gasteiger charge is 2.13. The van der Waals surface area contributed by atoms with Crippen LogP contribution >= 0.6 is 36.2 Å². The lowest BCUT2D eigenvalue weighted by Gasteiger charge is -2.26. The lowest BCUT2D eigenvalue weighted by molar-refractivity contribution is -0.117. The van der Waals surface area contributed by atoms with Crippen LogP contribution in [0, 0.1) is 0 Å². The molecule has 0 aromatic carbocycles. The number of carbonyl (C=O) groups is 1. The molecule has 1 aromatic heterocycles. The second-order valence-electron chi connectivity index (χ2n) is 3.32. The van der Waals surface area contributed by atoms with Crippen molar-refractivity contribution in [3.05, 3.63) is 5.51 Å². The molecule has 0 bridgehead atoms. The molecule has 6 nitrogen and oxygen atoms in total. The van der Waals surface area contributed by atoms with Gasteiger partial charge in [0, 0.05) is 26.2 Å². The number of carbonyl (C=O) groups excluding carboxylic acids is 1. The average molecular weight is 300 g/mol. The van der Waals surface area contributed by atoms with Gasteiger partial charge < -0.3 is 5.32 Å². The summed E-state index contributed by atoms with van der Waals surface area (Å²) in [6.45, 7) is 4.17. The highest BCUT2D eigenvalue weighted by molar-refractivity contribution is 7.13. The van der Waals surface area contributed by atoms with E-state index in [2.05, 4.69) is 25.7 Å². The molecule has 2 N–H and O–H groups in total. The van der Waals surface area contributed by atoms with Gasteiger partial charge in [-0.1, -0.05) is 11.3 Å². The molecule has 1 amide bonds. The highest BCUT2D eigenvalue weighted by Crippen LogP contribution is 2.07. The Morgan fingerprint density at radius 2 is 2.18 bits per heavy atom. The Morgan fingerprint density at radius 3 is 2.76 bits per heavy atom. The second kappa shape index (κ2) is 8.60. The topological polar surface area (TPSA) is 70.2 Å². The van der Waals surface area contributed by atoms with E-state index in [1.54, 1.807) is 5.51 Å². The van der Waals surface area contributed by atoms with Gasteiger partial charge in [-0.3, -0.25) is 15.0 Å². The molecular formula is C8H15Cl2N5OS. The molecule has 0 unspecified atom stereocenters. The molecule has 1 aromatic rings. The van der Waals surface area contributed by atoms with Gasteiger partial charge in [-0.2, -0.15) is 0 Å². The van der Waals surface area contributed by atoms with Crippen LogP contribution in [-0.4, -0.2) is 53.7 Å². The number of rotatable bonds is 3. The first-order valence-electron chi connectivity index (χ1n) is 4.84. The lowest BCUT2D eigenvalue weighted by atomic mass is 10.3. The second-order valence-corrected chi connectivity index (χ2v) is 4.15. The summed E-state index contributed by atoms with van der Waals surface area (Å²) in [6.07, 6.45) is 0. The summed E-state index contributed by atoms with van der Waals surface area (Å²) in [5.41, 5.74) is 1.60. The quantitative estimate of drug-likeness (QED) is 0.836. The van der Waals surface area contributed by atoms with Crippen molar-refractivity contribution >= 4 is 47.2 Å². The SMILES string of the molecule is Cl.Cl.O=C(CN1CCNCC1)Nc1nncs1. The van der Waals surface area contributed by atoms with Crippen molar-refractivity contribution in [3.8, 4) is 0 Å². The average Bonchev–Trinajstić information content (AvgIpc) is 2.71. The van der Waals surface area contributed by atoms with Crippen LogP contribution in [0.5, 0.6) is 0 Å². The van der Waals surface area contributed by atoms with E-state index in [4.69, 9.17) is 0 Å². The van der Waals surface area contributed by atoms with Gasteiger partial charge in [0.1, 0.15) is 5.51 Å². The number of amides is 1. The Bertz CT molecular complexity index is 318. The number of hydrogen-bond donors (Lipinski definition) is 2. The molecule has 1 saturated heterocycles. The summed E-state index contributed by atoms with van der Waals surface area (Å²) in [6, 6.07) is 0. The Hall–Kier alpha value is -0.470. The summed E-state index contributed by atoms with van der Waals surface area (Å²) < 4.78 is 0. The molecule has 17 heavy (non-hydrogen) atoms. The van der Waals surface area contributed by atoms with Gasteiger partial charge in [-0.25, -0.2) is 0 Å². The van der Waals surface area contributed by atoms with Gasteiger partial charge >= 0.3 is 0 Å². The van der Waals surface area contributed by atoms with Crippen LogP contribution in [0.25, 0.3) is 0 Å². The molecule has 1 aliphatic rings. The predicted molar refractivity (Wildman–Crippen MR) is 72.3 cm³/mol. The van der Waals surface area contributed by atoms with Crippen LogP contribution < -0.4 is 10.6 Å². The fourth-order valence-corrected chi connectivity index (χ4v) is 1.92. The summed E-state index contributed by atoms with van der Waals surface area (Å²) in [5, 5.41) is 13.9. The third-order valence-electron chi connectivity index (χ3n) is 2.18. The van der Waals surface area contributed by atoms with Gasteiger partial charge in [-0.05, 0) is 0 Å². The van der Waals surface area contributed by atoms with Crippen molar-refractivity contribution in [2.45, 2.75) is 0 Å². The van der Waals surface area contributed by atoms with E-state index in [9.17, 15) is 4.79 Å². The van der Waals surface area contributed by atoms with Gasteiger partial charge in [0.05, 0.1) is 6.54 Å².